The molecule has 3 amide bonds. The van der Waals surface area contributed by atoms with Crippen molar-refractivity contribution in [1.29, 1.82) is 0 Å². The van der Waals surface area contributed by atoms with E-state index in [4.69, 9.17) is 4.74 Å². The van der Waals surface area contributed by atoms with Gasteiger partial charge in [0.15, 0.2) is 5.12 Å². The number of methoxy groups -OCH3 is 1. The van der Waals surface area contributed by atoms with Crippen molar-refractivity contribution in [3.63, 3.8) is 0 Å². The van der Waals surface area contributed by atoms with E-state index in [0.29, 0.717) is 38.5 Å². The van der Waals surface area contributed by atoms with E-state index in [-0.39, 0.29) is 17.1 Å². The Balaban J connectivity index is 2.51. The molecule has 8 nitrogen and oxygen atoms in total. The third-order valence-electron chi connectivity index (χ3n) is 4.04. The molecule has 1 aliphatic rings. The molecule has 9 heteroatoms. The average Bonchev–Trinajstić information content (AvgIpc) is 2.57. The summed E-state index contributed by atoms with van der Waals surface area (Å²) in [7, 11) is 3.60. The van der Waals surface area contributed by atoms with E-state index in [9.17, 15) is 14.4 Å². The predicted molar refractivity (Wildman–Crippen MR) is 98.7 cm³/mol. The number of piperazine rings is 1. The van der Waals surface area contributed by atoms with E-state index >= 15 is 0 Å². The van der Waals surface area contributed by atoms with Gasteiger partial charge in [-0.25, -0.2) is 4.79 Å². The highest BCUT2D eigenvalue weighted by Gasteiger charge is 2.26. The SMILES string of the molecule is COCCN(CCSC(C)=O)C(=O)NC(C)C(=O)N1CCN(C)CC1. The number of urea groups is 1. The fourth-order valence-electron chi connectivity index (χ4n) is 2.45. The maximum atomic E-state index is 12.5. The molecule has 1 N–H and O–H groups in total. The molecule has 0 aromatic carbocycles. The predicted octanol–water partition coefficient (Wildman–Crippen LogP) is 0.0866. The zero-order chi connectivity index (χ0) is 18.8. The van der Waals surface area contributed by atoms with Crippen molar-refractivity contribution in [2.45, 2.75) is 19.9 Å². The standard InChI is InChI=1S/C16H30N4O4S/c1-13(15(22)19-7-5-18(3)6-8-19)17-16(23)20(9-11-24-4)10-12-25-14(2)21/h13H,5-12H2,1-4H3,(H,17,23). The first-order valence-electron chi connectivity index (χ1n) is 8.50. The number of carbonyl (C=O) groups excluding carboxylic acids is 3. The minimum absolute atomic E-state index is 0.0192. The molecule has 144 valence electrons. The van der Waals surface area contributed by atoms with Crippen molar-refractivity contribution in [1.82, 2.24) is 20.0 Å². The summed E-state index contributed by atoms with van der Waals surface area (Å²) in [5, 5.41) is 2.79. The molecule has 0 radical (unpaired) electrons. The first-order chi connectivity index (χ1) is 11.8. The monoisotopic (exact) mass is 374 g/mol. The molecule has 0 aliphatic carbocycles. The number of thioether (sulfide) groups is 1. The Hall–Kier alpha value is -1.32. The van der Waals surface area contributed by atoms with Crippen molar-refractivity contribution in [3.8, 4) is 0 Å². The molecule has 0 aromatic heterocycles. The Morgan fingerprint density at radius 1 is 1.20 bits per heavy atom. The maximum absolute atomic E-state index is 12.5. The average molecular weight is 375 g/mol. The lowest BCUT2D eigenvalue weighted by atomic mass is 10.2. The number of nitrogens with zero attached hydrogens (tertiary/aromatic N) is 3. The minimum Gasteiger partial charge on any atom is -0.383 e. The number of amides is 3. The molecule has 0 saturated carbocycles. The number of ether oxygens (including phenoxy) is 1. The van der Waals surface area contributed by atoms with E-state index in [0.717, 1.165) is 13.1 Å². The topological polar surface area (TPSA) is 82.2 Å². The second-order valence-electron chi connectivity index (χ2n) is 6.12. The first-order valence-corrected chi connectivity index (χ1v) is 9.48. The van der Waals surface area contributed by atoms with Gasteiger partial charge >= 0.3 is 6.03 Å². The third-order valence-corrected chi connectivity index (χ3v) is 4.84. The highest BCUT2D eigenvalue weighted by Crippen LogP contribution is 2.05. The van der Waals surface area contributed by atoms with E-state index in [1.165, 1.54) is 18.7 Å². The Bertz CT molecular complexity index is 455. The van der Waals surface area contributed by atoms with Crippen LogP contribution in [-0.4, -0.2) is 104 Å². The summed E-state index contributed by atoms with van der Waals surface area (Å²) in [6.07, 6.45) is 0. The Kier molecular flexibility index (Phi) is 9.84. The van der Waals surface area contributed by atoms with E-state index < -0.39 is 6.04 Å². The number of nitrogens with one attached hydrogen (secondary N) is 1. The van der Waals surface area contributed by atoms with E-state index in [1.54, 1.807) is 23.8 Å². The van der Waals surface area contributed by atoms with Gasteiger partial charge in [0.1, 0.15) is 6.04 Å². The highest BCUT2D eigenvalue weighted by molar-refractivity contribution is 8.13. The summed E-state index contributed by atoms with van der Waals surface area (Å²) in [4.78, 5) is 41.5. The number of hydrogen-bond donors (Lipinski definition) is 1. The molecule has 1 aliphatic heterocycles. The molecule has 1 saturated heterocycles. The van der Waals surface area contributed by atoms with E-state index in [2.05, 4.69) is 10.2 Å². The summed E-state index contributed by atoms with van der Waals surface area (Å²) in [5.74, 6) is 0.457. The molecular weight excluding hydrogens is 344 g/mol. The number of carbonyl (C=O) groups is 3. The van der Waals surface area contributed by atoms with Gasteiger partial charge in [0.25, 0.3) is 0 Å². The zero-order valence-electron chi connectivity index (χ0n) is 15.6. The van der Waals surface area contributed by atoms with Crippen LogP contribution in [0.2, 0.25) is 0 Å². The number of rotatable bonds is 8. The summed E-state index contributed by atoms with van der Waals surface area (Å²) < 4.78 is 5.03. The summed E-state index contributed by atoms with van der Waals surface area (Å²) in [6.45, 7) is 7.49. The molecular formula is C16H30N4O4S. The van der Waals surface area contributed by atoms with Crippen LogP contribution < -0.4 is 5.32 Å². The van der Waals surface area contributed by atoms with Gasteiger partial charge in [0, 0.05) is 59.1 Å². The van der Waals surface area contributed by atoms with Gasteiger partial charge in [-0.2, -0.15) is 0 Å². The fraction of sp³-hybridized carbons (Fsp3) is 0.812. The van der Waals surface area contributed by atoms with Crippen LogP contribution in [0.15, 0.2) is 0 Å². The number of likely N-dealkylation sites (N-methyl/N-ethyl adjacent to an activating group) is 1. The van der Waals surface area contributed by atoms with Crippen molar-refractivity contribution in [3.05, 3.63) is 0 Å². The third kappa shape index (κ3) is 8.06. The van der Waals surface area contributed by atoms with Gasteiger partial charge in [-0.3, -0.25) is 9.59 Å². The molecule has 1 atom stereocenters. The van der Waals surface area contributed by atoms with Crippen molar-refractivity contribution in [2.24, 2.45) is 0 Å². The molecule has 0 aromatic rings. The van der Waals surface area contributed by atoms with Gasteiger partial charge < -0.3 is 24.8 Å². The van der Waals surface area contributed by atoms with Crippen LogP contribution in [0.25, 0.3) is 0 Å². The van der Waals surface area contributed by atoms with Gasteiger partial charge in [-0.1, -0.05) is 11.8 Å². The van der Waals surface area contributed by atoms with Crippen LogP contribution >= 0.6 is 11.8 Å². The van der Waals surface area contributed by atoms with Crippen molar-refractivity contribution in [2.75, 3.05) is 65.8 Å². The first kappa shape index (κ1) is 21.7. The largest absolute Gasteiger partial charge is 0.383 e. The molecule has 1 unspecified atom stereocenters. The van der Waals surface area contributed by atoms with Crippen molar-refractivity contribution < 1.29 is 19.1 Å². The quantitative estimate of drug-likeness (QED) is 0.648. The van der Waals surface area contributed by atoms with Crippen LogP contribution in [0.3, 0.4) is 0 Å². The maximum Gasteiger partial charge on any atom is 0.318 e. The summed E-state index contributed by atoms with van der Waals surface area (Å²) in [5.41, 5.74) is 0. The lowest BCUT2D eigenvalue weighted by Crippen LogP contribution is -2.55. The second kappa shape index (κ2) is 11.3. The van der Waals surface area contributed by atoms with Gasteiger partial charge in [-0.15, -0.1) is 0 Å². The molecule has 1 rings (SSSR count). The van der Waals surface area contributed by atoms with Gasteiger partial charge in [0.05, 0.1) is 6.61 Å². The Morgan fingerprint density at radius 2 is 1.84 bits per heavy atom. The van der Waals surface area contributed by atoms with Crippen molar-refractivity contribution >= 4 is 28.8 Å². The lowest BCUT2D eigenvalue weighted by Gasteiger charge is -2.34. The Labute approximate surface area is 154 Å². The summed E-state index contributed by atoms with van der Waals surface area (Å²) in [6, 6.07) is -0.891. The van der Waals surface area contributed by atoms with Gasteiger partial charge in [0.2, 0.25) is 5.91 Å². The normalized spacial score (nSPS) is 16.4. The zero-order valence-corrected chi connectivity index (χ0v) is 16.4. The molecule has 25 heavy (non-hydrogen) atoms. The lowest BCUT2D eigenvalue weighted by molar-refractivity contribution is -0.134. The fourth-order valence-corrected chi connectivity index (χ4v) is 3.05. The smallest absolute Gasteiger partial charge is 0.318 e. The van der Waals surface area contributed by atoms with Crippen LogP contribution in [0.1, 0.15) is 13.8 Å². The highest BCUT2D eigenvalue weighted by atomic mass is 32.2. The van der Waals surface area contributed by atoms with Crippen LogP contribution in [0.4, 0.5) is 4.79 Å². The Morgan fingerprint density at radius 3 is 2.40 bits per heavy atom. The van der Waals surface area contributed by atoms with Crippen LogP contribution in [0, 0.1) is 0 Å². The van der Waals surface area contributed by atoms with Gasteiger partial charge in [-0.05, 0) is 14.0 Å². The number of hydrogen-bond acceptors (Lipinski definition) is 6. The van der Waals surface area contributed by atoms with E-state index in [1.807, 2.05) is 7.05 Å². The molecule has 1 fully saturated rings. The molecule has 0 bridgehead atoms. The van der Waals surface area contributed by atoms with Crippen LogP contribution in [-0.2, 0) is 14.3 Å². The van der Waals surface area contributed by atoms with Crippen LogP contribution in [0.5, 0.6) is 0 Å². The molecule has 0 spiro atoms. The second-order valence-corrected chi connectivity index (χ2v) is 7.39. The minimum atomic E-state index is -0.582. The molecule has 1 heterocycles. The summed E-state index contributed by atoms with van der Waals surface area (Å²) >= 11 is 1.18.